The Kier molecular flexibility index (Phi) is 9.03. The topological polar surface area (TPSA) is 58.6 Å². The smallest absolute Gasteiger partial charge is 0.242 e. The summed E-state index contributed by atoms with van der Waals surface area (Å²) in [5.41, 5.74) is 0.957. The number of rotatable bonds is 10. The van der Waals surface area contributed by atoms with Crippen molar-refractivity contribution in [2.24, 2.45) is 5.92 Å². The minimum absolute atomic E-state index is 0.0110. The SMILES string of the molecule is CCCC(=O)N(Cc1cccc(OC)c1)[C@@H](CC)C(=O)NCC(C)C. The lowest BCUT2D eigenvalue weighted by Crippen LogP contribution is -2.49. The van der Waals surface area contributed by atoms with Crippen LogP contribution in [0.2, 0.25) is 0 Å². The molecule has 140 valence electrons. The van der Waals surface area contributed by atoms with Crippen LogP contribution in [0.1, 0.15) is 52.5 Å². The van der Waals surface area contributed by atoms with E-state index in [1.807, 2.05) is 38.1 Å². The van der Waals surface area contributed by atoms with Gasteiger partial charge in [-0.25, -0.2) is 0 Å². The lowest BCUT2D eigenvalue weighted by atomic mass is 10.1. The number of carbonyl (C=O) groups is 2. The number of carbonyl (C=O) groups excluding carboxylic acids is 2. The fourth-order valence-electron chi connectivity index (χ4n) is 2.67. The molecule has 1 N–H and O–H groups in total. The van der Waals surface area contributed by atoms with Crippen LogP contribution in [0.3, 0.4) is 0 Å². The molecular formula is C20H32N2O3. The summed E-state index contributed by atoms with van der Waals surface area (Å²) in [7, 11) is 1.62. The van der Waals surface area contributed by atoms with Crippen LogP contribution in [0.5, 0.6) is 5.75 Å². The Hall–Kier alpha value is -2.04. The van der Waals surface area contributed by atoms with Crippen LogP contribution in [-0.2, 0) is 16.1 Å². The maximum Gasteiger partial charge on any atom is 0.242 e. The van der Waals surface area contributed by atoms with Crippen molar-refractivity contribution in [1.29, 1.82) is 0 Å². The quantitative estimate of drug-likeness (QED) is 0.705. The summed E-state index contributed by atoms with van der Waals surface area (Å²) >= 11 is 0. The number of ether oxygens (including phenoxy) is 1. The molecule has 0 saturated heterocycles. The predicted molar refractivity (Wildman–Crippen MR) is 100 cm³/mol. The average molecular weight is 348 g/mol. The molecule has 0 aliphatic rings. The number of amides is 2. The second kappa shape index (κ2) is 10.7. The molecule has 0 heterocycles. The van der Waals surface area contributed by atoms with Crippen molar-refractivity contribution < 1.29 is 14.3 Å². The Labute approximate surface area is 151 Å². The van der Waals surface area contributed by atoms with Gasteiger partial charge in [0.05, 0.1) is 7.11 Å². The third kappa shape index (κ3) is 6.77. The Morgan fingerprint density at radius 3 is 2.52 bits per heavy atom. The van der Waals surface area contributed by atoms with Crippen LogP contribution in [0.4, 0.5) is 0 Å². The van der Waals surface area contributed by atoms with Crippen molar-refractivity contribution in [3.05, 3.63) is 29.8 Å². The van der Waals surface area contributed by atoms with Crippen LogP contribution < -0.4 is 10.1 Å². The average Bonchev–Trinajstić information content (AvgIpc) is 2.60. The summed E-state index contributed by atoms with van der Waals surface area (Å²) in [5, 5.41) is 2.96. The molecule has 25 heavy (non-hydrogen) atoms. The van der Waals surface area contributed by atoms with Gasteiger partial charge in [-0.2, -0.15) is 0 Å². The van der Waals surface area contributed by atoms with Gasteiger partial charge in [-0.05, 0) is 36.5 Å². The van der Waals surface area contributed by atoms with E-state index in [0.29, 0.717) is 31.8 Å². The Balaban J connectivity index is 2.99. The van der Waals surface area contributed by atoms with Gasteiger partial charge < -0.3 is 15.0 Å². The van der Waals surface area contributed by atoms with Gasteiger partial charge in [-0.3, -0.25) is 9.59 Å². The number of benzene rings is 1. The largest absolute Gasteiger partial charge is 0.497 e. The molecule has 0 bridgehead atoms. The first kappa shape index (κ1) is 21.0. The summed E-state index contributed by atoms with van der Waals surface area (Å²) in [6.07, 6.45) is 1.79. The van der Waals surface area contributed by atoms with Crippen LogP contribution >= 0.6 is 0 Å². The minimum Gasteiger partial charge on any atom is -0.497 e. The van der Waals surface area contributed by atoms with E-state index in [1.54, 1.807) is 12.0 Å². The van der Waals surface area contributed by atoms with E-state index >= 15 is 0 Å². The van der Waals surface area contributed by atoms with Gasteiger partial charge in [-0.1, -0.05) is 39.8 Å². The molecule has 5 heteroatoms. The van der Waals surface area contributed by atoms with E-state index in [1.165, 1.54) is 0 Å². The van der Waals surface area contributed by atoms with Crippen molar-refractivity contribution in [3.63, 3.8) is 0 Å². The fourth-order valence-corrected chi connectivity index (χ4v) is 2.67. The van der Waals surface area contributed by atoms with E-state index in [-0.39, 0.29) is 11.8 Å². The van der Waals surface area contributed by atoms with Gasteiger partial charge in [0, 0.05) is 19.5 Å². The third-order valence-electron chi connectivity index (χ3n) is 4.02. The number of nitrogens with one attached hydrogen (secondary N) is 1. The molecule has 2 amide bonds. The second-order valence-corrected chi connectivity index (χ2v) is 6.69. The van der Waals surface area contributed by atoms with Crippen LogP contribution in [0.15, 0.2) is 24.3 Å². The molecule has 0 unspecified atom stereocenters. The zero-order valence-corrected chi connectivity index (χ0v) is 16.2. The summed E-state index contributed by atoms with van der Waals surface area (Å²) in [4.78, 5) is 27.0. The van der Waals surface area contributed by atoms with E-state index in [9.17, 15) is 9.59 Å². The molecule has 0 fully saturated rings. The fraction of sp³-hybridized carbons (Fsp3) is 0.600. The molecule has 0 saturated carbocycles. The van der Waals surface area contributed by atoms with Crippen molar-refractivity contribution in [2.45, 2.75) is 59.5 Å². The summed E-state index contributed by atoms with van der Waals surface area (Å²) in [6, 6.07) is 7.17. The monoisotopic (exact) mass is 348 g/mol. The van der Waals surface area contributed by atoms with Gasteiger partial charge in [0.1, 0.15) is 11.8 Å². The number of hydrogen-bond donors (Lipinski definition) is 1. The lowest BCUT2D eigenvalue weighted by molar-refractivity contribution is -0.141. The number of hydrogen-bond acceptors (Lipinski definition) is 3. The maximum absolute atomic E-state index is 12.7. The third-order valence-corrected chi connectivity index (χ3v) is 4.02. The molecule has 0 spiro atoms. The van der Waals surface area contributed by atoms with Gasteiger partial charge in [0.2, 0.25) is 11.8 Å². The highest BCUT2D eigenvalue weighted by molar-refractivity contribution is 5.87. The molecule has 0 aliphatic carbocycles. The van der Waals surface area contributed by atoms with Gasteiger partial charge in [-0.15, -0.1) is 0 Å². The van der Waals surface area contributed by atoms with Crippen molar-refractivity contribution >= 4 is 11.8 Å². The van der Waals surface area contributed by atoms with Crippen LogP contribution in [0.25, 0.3) is 0 Å². The second-order valence-electron chi connectivity index (χ2n) is 6.69. The highest BCUT2D eigenvalue weighted by Gasteiger charge is 2.28. The standard InChI is InChI=1S/C20H32N2O3/c1-6-9-19(23)22(14-16-10-8-11-17(12-16)25-5)18(7-2)20(24)21-13-15(3)4/h8,10-12,15,18H,6-7,9,13-14H2,1-5H3,(H,21,24)/t18-/m0/s1. The number of methoxy groups -OCH3 is 1. The highest BCUT2D eigenvalue weighted by Crippen LogP contribution is 2.18. The molecular weight excluding hydrogens is 316 g/mol. The van der Waals surface area contributed by atoms with Crippen molar-refractivity contribution in [3.8, 4) is 5.75 Å². The van der Waals surface area contributed by atoms with Crippen molar-refractivity contribution in [1.82, 2.24) is 10.2 Å². The first-order valence-corrected chi connectivity index (χ1v) is 9.12. The molecule has 5 nitrogen and oxygen atoms in total. The van der Waals surface area contributed by atoms with Gasteiger partial charge in [0.15, 0.2) is 0 Å². The molecule has 0 aliphatic heterocycles. The molecule has 0 aromatic heterocycles. The van der Waals surface area contributed by atoms with E-state index < -0.39 is 6.04 Å². The van der Waals surface area contributed by atoms with E-state index in [2.05, 4.69) is 19.2 Å². The normalized spacial score (nSPS) is 11.9. The first-order valence-electron chi connectivity index (χ1n) is 9.12. The molecule has 0 radical (unpaired) electrons. The summed E-state index contributed by atoms with van der Waals surface area (Å²) < 4.78 is 5.26. The minimum atomic E-state index is -0.455. The highest BCUT2D eigenvalue weighted by atomic mass is 16.5. The molecule has 1 aromatic rings. The van der Waals surface area contributed by atoms with E-state index in [0.717, 1.165) is 17.7 Å². The lowest BCUT2D eigenvalue weighted by Gasteiger charge is -2.31. The molecule has 1 rings (SSSR count). The zero-order chi connectivity index (χ0) is 18.8. The van der Waals surface area contributed by atoms with Gasteiger partial charge >= 0.3 is 0 Å². The van der Waals surface area contributed by atoms with Gasteiger partial charge in [0.25, 0.3) is 0 Å². The molecule has 1 aromatic carbocycles. The molecule has 1 atom stereocenters. The Morgan fingerprint density at radius 1 is 1.24 bits per heavy atom. The Bertz CT molecular complexity index is 558. The summed E-state index contributed by atoms with van der Waals surface area (Å²) in [6.45, 7) is 9.04. The Morgan fingerprint density at radius 2 is 1.96 bits per heavy atom. The predicted octanol–water partition coefficient (Wildman–Crippen LogP) is 3.37. The van der Waals surface area contributed by atoms with Crippen LogP contribution in [-0.4, -0.2) is 36.4 Å². The summed E-state index contributed by atoms with van der Waals surface area (Å²) in [5.74, 6) is 1.05. The van der Waals surface area contributed by atoms with Crippen LogP contribution in [0, 0.1) is 5.92 Å². The van der Waals surface area contributed by atoms with E-state index in [4.69, 9.17) is 4.74 Å². The maximum atomic E-state index is 12.7. The zero-order valence-electron chi connectivity index (χ0n) is 16.2. The first-order chi connectivity index (χ1) is 11.9. The number of nitrogens with zero attached hydrogens (tertiary/aromatic N) is 1. The van der Waals surface area contributed by atoms with Crippen molar-refractivity contribution in [2.75, 3.05) is 13.7 Å².